The van der Waals surface area contributed by atoms with E-state index in [0.29, 0.717) is 11.3 Å². The predicted molar refractivity (Wildman–Crippen MR) is 113 cm³/mol. The van der Waals surface area contributed by atoms with Crippen molar-refractivity contribution >= 4 is 27.3 Å². The van der Waals surface area contributed by atoms with Gasteiger partial charge in [-0.3, -0.25) is 5.32 Å². The van der Waals surface area contributed by atoms with Crippen LogP contribution in [0.3, 0.4) is 0 Å². The van der Waals surface area contributed by atoms with Crippen molar-refractivity contribution in [2.24, 2.45) is 0 Å². The minimum atomic E-state index is -4.45. The normalized spacial score (nSPS) is 12.0. The molecule has 0 aliphatic heterocycles. The Kier molecular flexibility index (Phi) is 5.54. The van der Waals surface area contributed by atoms with Crippen LogP contribution in [0.2, 0.25) is 0 Å². The van der Waals surface area contributed by atoms with E-state index in [1.807, 2.05) is 0 Å². The van der Waals surface area contributed by atoms with E-state index in [0.717, 1.165) is 18.4 Å². The van der Waals surface area contributed by atoms with Crippen LogP contribution in [0, 0.1) is 0 Å². The number of ether oxygens (including phenoxy) is 1. The van der Waals surface area contributed by atoms with Crippen LogP contribution in [-0.2, 0) is 16.0 Å². The summed E-state index contributed by atoms with van der Waals surface area (Å²) in [7, 11) is -3.46. The molecule has 2 heterocycles. The van der Waals surface area contributed by atoms with Crippen molar-refractivity contribution in [1.29, 1.82) is 0 Å². The summed E-state index contributed by atoms with van der Waals surface area (Å²) in [5.74, 6) is 0.000490. The van der Waals surface area contributed by atoms with Gasteiger partial charge >= 0.3 is 12.3 Å². The van der Waals surface area contributed by atoms with Crippen molar-refractivity contribution in [3.63, 3.8) is 0 Å². The van der Waals surface area contributed by atoms with Gasteiger partial charge in [0.25, 0.3) is 0 Å². The zero-order chi connectivity index (χ0) is 23.8. The van der Waals surface area contributed by atoms with Gasteiger partial charge in [-0.1, -0.05) is 18.2 Å². The maximum atomic E-state index is 12.8. The fourth-order valence-corrected chi connectivity index (χ4v) is 3.63. The Morgan fingerprint density at radius 2 is 1.82 bits per heavy atom. The van der Waals surface area contributed by atoms with Crippen molar-refractivity contribution in [2.75, 3.05) is 11.6 Å². The lowest BCUT2D eigenvalue weighted by molar-refractivity contribution is -0.137. The Labute approximate surface area is 185 Å². The third-order valence-corrected chi connectivity index (χ3v) is 5.67. The number of halogens is 3. The molecule has 0 spiro atoms. The first kappa shape index (κ1) is 22.3. The first-order valence-electron chi connectivity index (χ1n) is 9.32. The van der Waals surface area contributed by atoms with Gasteiger partial charge in [-0.2, -0.15) is 18.3 Å². The van der Waals surface area contributed by atoms with Crippen LogP contribution in [0.5, 0.6) is 5.75 Å². The predicted octanol–water partition coefficient (Wildman–Crippen LogP) is 4.43. The number of carbonyl (C=O) groups excluding carboxylic acids is 1. The van der Waals surface area contributed by atoms with E-state index in [9.17, 15) is 26.4 Å². The molecule has 0 aliphatic rings. The Morgan fingerprint density at radius 1 is 1.09 bits per heavy atom. The second kappa shape index (κ2) is 8.20. The average Bonchev–Trinajstić information content (AvgIpc) is 3.14. The number of rotatable bonds is 4. The molecule has 0 saturated heterocycles. The van der Waals surface area contributed by atoms with Crippen molar-refractivity contribution in [2.45, 2.75) is 11.1 Å². The number of sulfone groups is 1. The number of aromatic nitrogens is 3. The van der Waals surface area contributed by atoms with Crippen molar-refractivity contribution in [3.8, 4) is 17.0 Å². The Morgan fingerprint density at radius 3 is 2.48 bits per heavy atom. The van der Waals surface area contributed by atoms with Crippen molar-refractivity contribution < 1.29 is 31.1 Å². The number of carbonyl (C=O) groups is 1. The number of hydrogen-bond acceptors (Lipinski definition) is 6. The number of hydrogen-bond donors (Lipinski definition) is 1. The van der Waals surface area contributed by atoms with Gasteiger partial charge in [-0.05, 0) is 36.4 Å². The molecular formula is C21H15F3N4O4S. The second-order valence-electron chi connectivity index (χ2n) is 6.98. The first-order chi connectivity index (χ1) is 15.5. The zero-order valence-corrected chi connectivity index (χ0v) is 17.7. The number of benzene rings is 2. The largest absolute Gasteiger partial charge is 0.417 e. The third kappa shape index (κ3) is 4.95. The summed E-state index contributed by atoms with van der Waals surface area (Å²) in [5.41, 5.74) is 0.366. The molecule has 33 heavy (non-hydrogen) atoms. The molecule has 0 aliphatic carbocycles. The summed E-state index contributed by atoms with van der Waals surface area (Å²) >= 11 is 0. The second-order valence-corrected chi connectivity index (χ2v) is 9.00. The van der Waals surface area contributed by atoms with E-state index < -0.39 is 27.7 Å². The van der Waals surface area contributed by atoms with Gasteiger partial charge in [0.2, 0.25) is 0 Å². The molecule has 0 saturated carbocycles. The molecule has 4 rings (SSSR count). The molecule has 2 aromatic carbocycles. The van der Waals surface area contributed by atoms with Crippen LogP contribution in [0.4, 0.5) is 23.7 Å². The van der Waals surface area contributed by atoms with Crippen LogP contribution in [-0.4, -0.2) is 35.4 Å². The lowest BCUT2D eigenvalue weighted by atomic mass is 10.1. The number of nitrogens with zero attached hydrogens (tertiary/aromatic N) is 3. The highest BCUT2D eigenvalue weighted by Gasteiger charge is 2.30. The van der Waals surface area contributed by atoms with Gasteiger partial charge in [0.05, 0.1) is 22.3 Å². The standard InChI is InChI=1S/C21H15F3N4O4S/c1-33(30,31)16-4-2-3-15(11-16)26-20(29)32-18-12-25-28-10-9-17(27-19(18)28)13-5-7-14(8-6-13)21(22,23)24/h2-12H,1H3,(H,26,29). The van der Waals surface area contributed by atoms with Crippen molar-refractivity contribution in [1.82, 2.24) is 14.6 Å². The van der Waals surface area contributed by atoms with Gasteiger partial charge in [-0.15, -0.1) is 0 Å². The number of anilines is 1. The summed E-state index contributed by atoms with van der Waals surface area (Å²) in [5, 5.41) is 6.45. The number of amides is 1. The summed E-state index contributed by atoms with van der Waals surface area (Å²) in [4.78, 5) is 16.7. The van der Waals surface area contributed by atoms with E-state index in [-0.39, 0.29) is 22.0 Å². The van der Waals surface area contributed by atoms with E-state index >= 15 is 0 Å². The fraction of sp³-hybridized carbons (Fsp3) is 0.0952. The molecule has 0 bridgehead atoms. The van der Waals surface area contributed by atoms with Crippen LogP contribution >= 0.6 is 0 Å². The molecule has 1 N–H and O–H groups in total. The molecular weight excluding hydrogens is 461 g/mol. The van der Waals surface area contributed by atoms with Gasteiger partial charge in [0.15, 0.2) is 21.2 Å². The molecule has 0 radical (unpaired) electrons. The van der Waals surface area contributed by atoms with Gasteiger partial charge in [-0.25, -0.2) is 22.7 Å². The highest BCUT2D eigenvalue weighted by atomic mass is 32.2. The van der Waals surface area contributed by atoms with Gasteiger partial charge < -0.3 is 4.74 Å². The molecule has 8 nitrogen and oxygen atoms in total. The van der Waals surface area contributed by atoms with Crippen LogP contribution in [0.15, 0.2) is 71.9 Å². The number of alkyl halides is 3. The number of nitrogens with one attached hydrogen (secondary N) is 1. The van der Waals surface area contributed by atoms with Crippen LogP contribution < -0.4 is 10.1 Å². The van der Waals surface area contributed by atoms with E-state index in [4.69, 9.17) is 4.74 Å². The summed E-state index contributed by atoms with van der Waals surface area (Å²) in [6, 6.07) is 11.7. The minimum absolute atomic E-state index is 0.000490. The fourth-order valence-electron chi connectivity index (χ4n) is 2.96. The summed E-state index contributed by atoms with van der Waals surface area (Å²) in [6.45, 7) is 0. The molecule has 12 heteroatoms. The van der Waals surface area contributed by atoms with Crippen LogP contribution in [0.1, 0.15) is 5.56 Å². The molecule has 2 aromatic heterocycles. The Bertz CT molecular complexity index is 1450. The smallest absolute Gasteiger partial charge is 0.404 e. The van der Waals surface area contributed by atoms with Gasteiger partial charge in [0, 0.05) is 23.7 Å². The third-order valence-electron chi connectivity index (χ3n) is 4.56. The lowest BCUT2D eigenvalue weighted by Gasteiger charge is -2.08. The van der Waals surface area contributed by atoms with Crippen LogP contribution in [0.25, 0.3) is 16.9 Å². The minimum Gasteiger partial charge on any atom is -0.404 e. The topological polar surface area (TPSA) is 103 Å². The Hall–Kier alpha value is -3.93. The molecule has 0 atom stereocenters. The maximum absolute atomic E-state index is 12.8. The summed E-state index contributed by atoms with van der Waals surface area (Å²) < 4.78 is 68.3. The lowest BCUT2D eigenvalue weighted by Crippen LogP contribution is -2.17. The molecule has 0 unspecified atom stereocenters. The number of fused-ring (bicyclic) bond motifs is 1. The van der Waals surface area contributed by atoms with E-state index in [1.54, 1.807) is 6.07 Å². The summed E-state index contributed by atoms with van der Waals surface area (Å²) in [6.07, 6.45) is -1.53. The maximum Gasteiger partial charge on any atom is 0.417 e. The monoisotopic (exact) mass is 476 g/mol. The van der Waals surface area contributed by atoms with E-state index in [1.165, 1.54) is 53.3 Å². The highest BCUT2D eigenvalue weighted by Crippen LogP contribution is 2.31. The average molecular weight is 476 g/mol. The van der Waals surface area contributed by atoms with Gasteiger partial charge in [0.1, 0.15) is 0 Å². The molecule has 4 aromatic rings. The zero-order valence-electron chi connectivity index (χ0n) is 16.9. The molecule has 1 amide bonds. The van der Waals surface area contributed by atoms with Crippen molar-refractivity contribution in [3.05, 3.63) is 72.6 Å². The Balaban J connectivity index is 1.56. The first-order valence-corrected chi connectivity index (χ1v) is 11.2. The molecule has 0 fully saturated rings. The SMILES string of the molecule is CS(=O)(=O)c1cccc(NC(=O)Oc2cnn3ccc(-c4ccc(C(F)(F)F)cc4)nc23)c1. The quantitative estimate of drug-likeness (QED) is 0.468. The van der Waals surface area contributed by atoms with E-state index in [2.05, 4.69) is 15.4 Å². The highest BCUT2D eigenvalue weighted by molar-refractivity contribution is 7.90. The molecule has 170 valence electrons.